The average Bonchev–Trinajstić information content (AvgIpc) is 3.45. The molecule has 1 saturated heterocycles. The number of hydrogen-bond acceptors (Lipinski definition) is 6. The van der Waals surface area contributed by atoms with Crippen molar-refractivity contribution in [1.29, 1.82) is 0 Å². The van der Waals surface area contributed by atoms with Crippen LogP contribution in [0.15, 0.2) is 46.9 Å². The Kier molecular flexibility index (Phi) is 4.98. The number of hydrogen-bond donors (Lipinski definition) is 3. The lowest BCUT2D eigenvalue weighted by Gasteiger charge is -2.64. The summed E-state index contributed by atoms with van der Waals surface area (Å²) in [7, 11) is 0. The molecule has 3 heterocycles. The molecule has 5 atom stereocenters. The number of para-hydroxylation sites is 1. The van der Waals surface area contributed by atoms with Gasteiger partial charge < -0.3 is 24.7 Å². The first-order valence-electron chi connectivity index (χ1n) is 13.3. The Morgan fingerprint density at radius 2 is 1.97 bits per heavy atom. The van der Waals surface area contributed by atoms with Gasteiger partial charge in [-0.2, -0.15) is 0 Å². The molecule has 2 bridgehead atoms. The van der Waals surface area contributed by atoms with Crippen LogP contribution in [0.25, 0.3) is 11.0 Å². The fraction of sp³-hybridized carbons (Fsp3) is 0.483. The number of furan rings is 1. The van der Waals surface area contributed by atoms with E-state index in [1.54, 1.807) is 12.1 Å². The summed E-state index contributed by atoms with van der Waals surface area (Å²) in [6.07, 6.45) is 4.81. The standard InChI is InChI=1S/C29H30N2O5.ClH/c32-20-8-7-18-14-23-29(34)10-9-19(30-27(33)22-13-17-3-1-2-4-21(17)35-22)26-28(29,24(18)25(20)36-26)11-12-31(23)15-16-5-6-16;/h1-4,7-8,13,16,19,23,26,32,34H,5-6,9-12,14-15H2,(H,30,33);1H/t19-,23-,26+,28+,29-;/m1./s1. The van der Waals surface area contributed by atoms with Crippen LogP contribution in [0.5, 0.6) is 11.5 Å². The van der Waals surface area contributed by atoms with Crippen LogP contribution in [-0.2, 0) is 11.8 Å². The first-order chi connectivity index (χ1) is 17.5. The Labute approximate surface area is 221 Å². The number of nitrogens with one attached hydrogen (secondary N) is 1. The van der Waals surface area contributed by atoms with Crippen molar-refractivity contribution >= 4 is 29.3 Å². The zero-order valence-electron chi connectivity index (χ0n) is 20.5. The first kappa shape index (κ1) is 23.4. The molecule has 1 spiro atoms. The third-order valence-corrected chi connectivity index (χ3v) is 9.73. The number of piperidine rings is 1. The van der Waals surface area contributed by atoms with E-state index in [0.29, 0.717) is 24.2 Å². The minimum atomic E-state index is -0.961. The van der Waals surface area contributed by atoms with E-state index < -0.39 is 17.1 Å². The van der Waals surface area contributed by atoms with E-state index in [2.05, 4.69) is 10.2 Å². The normalized spacial score (nSPS) is 33.4. The average molecular weight is 523 g/mol. The number of aromatic hydroxyl groups is 1. The lowest BCUT2D eigenvalue weighted by Crippen LogP contribution is -2.78. The van der Waals surface area contributed by atoms with Crippen LogP contribution in [0.2, 0.25) is 0 Å². The van der Waals surface area contributed by atoms with Crippen molar-refractivity contribution in [2.75, 3.05) is 13.1 Å². The first-order valence-corrected chi connectivity index (χ1v) is 13.3. The van der Waals surface area contributed by atoms with Gasteiger partial charge in [-0.05, 0) is 74.8 Å². The predicted octanol–water partition coefficient (Wildman–Crippen LogP) is 3.92. The number of carbonyl (C=O) groups excluding carboxylic acids is 1. The summed E-state index contributed by atoms with van der Waals surface area (Å²) in [4.78, 5) is 15.8. The quantitative estimate of drug-likeness (QED) is 0.481. The Hall–Kier alpha value is -2.74. The van der Waals surface area contributed by atoms with Crippen molar-refractivity contribution < 1.29 is 24.2 Å². The second-order valence-electron chi connectivity index (χ2n) is 11.6. The lowest BCUT2D eigenvalue weighted by molar-refractivity contribution is -0.191. The number of halogens is 1. The molecular formula is C29H31ClN2O5. The molecule has 2 aliphatic heterocycles. The zero-order valence-corrected chi connectivity index (χ0v) is 21.3. The molecule has 7 nitrogen and oxygen atoms in total. The predicted molar refractivity (Wildman–Crippen MR) is 140 cm³/mol. The number of carbonyl (C=O) groups is 1. The maximum Gasteiger partial charge on any atom is 0.287 e. The minimum absolute atomic E-state index is 0. The second-order valence-corrected chi connectivity index (χ2v) is 11.6. The number of phenols is 1. The summed E-state index contributed by atoms with van der Waals surface area (Å²) in [6, 6.07) is 12.8. The number of nitrogens with zero attached hydrogens (tertiary/aromatic N) is 1. The number of fused-ring (bicyclic) bond motifs is 1. The van der Waals surface area contributed by atoms with Gasteiger partial charge in [0.05, 0.1) is 17.1 Å². The molecule has 2 saturated carbocycles. The van der Waals surface area contributed by atoms with Gasteiger partial charge in [0.25, 0.3) is 5.91 Å². The molecule has 1 amide bonds. The van der Waals surface area contributed by atoms with E-state index in [1.807, 2.05) is 30.3 Å². The van der Waals surface area contributed by atoms with Crippen molar-refractivity contribution in [2.24, 2.45) is 5.92 Å². The van der Waals surface area contributed by atoms with Crippen LogP contribution in [0, 0.1) is 5.92 Å². The van der Waals surface area contributed by atoms with Gasteiger partial charge in [0.2, 0.25) is 0 Å². The summed E-state index contributed by atoms with van der Waals surface area (Å²) in [5, 5.41) is 27.4. The lowest BCUT2D eigenvalue weighted by atomic mass is 9.48. The third kappa shape index (κ3) is 3.05. The van der Waals surface area contributed by atoms with Gasteiger partial charge in [-0.15, -0.1) is 12.4 Å². The van der Waals surface area contributed by atoms with Gasteiger partial charge >= 0.3 is 0 Å². The van der Waals surface area contributed by atoms with Gasteiger partial charge in [0.1, 0.15) is 11.7 Å². The van der Waals surface area contributed by atoms with E-state index in [9.17, 15) is 15.0 Å². The molecule has 37 heavy (non-hydrogen) atoms. The molecule has 3 N–H and O–H groups in total. The Bertz CT molecular complexity index is 1390. The summed E-state index contributed by atoms with van der Waals surface area (Å²) >= 11 is 0. The Morgan fingerprint density at radius 1 is 1.14 bits per heavy atom. The summed E-state index contributed by atoms with van der Waals surface area (Å²) in [5.41, 5.74) is 1.20. The highest BCUT2D eigenvalue weighted by molar-refractivity contribution is 5.96. The minimum Gasteiger partial charge on any atom is -0.504 e. The summed E-state index contributed by atoms with van der Waals surface area (Å²) in [5.74, 6) is 1.35. The molecular weight excluding hydrogens is 492 g/mol. The molecule has 3 aromatic rings. The topological polar surface area (TPSA) is 95.2 Å². The maximum absolute atomic E-state index is 13.3. The third-order valence-electron chi connectivity index (χ3n) is 9.73. The second kappa shape index (κ2) is 7.88. The fourth-order valence-corrected chi connectivity index (χ4v) is 7.96. The number of likely N-dealkylation sites (tertiary alicyclic amines) is 1. The van der Waals surface area contributed by atoms with Crippen molar-refractivity contribution in [2.45, 2.75) is 67.7 Å². The summed E-state index contributed by atoms with van der Waals surface area (Å²) < 4.78 is 12.4. The fourth-order valence-electron chi connectivity index (χ4n) is 7.96. The smallest absolute Gasteiger partial charge is 0.287 e. The number of rotatable bonds is 4. The van der Waals surface area contributed by atoms with Gasteiger partial charge in [0.15, 0.2) is 17.3 Å². The molecule has 2 aromatic carbocycles. The van der Waals surface area contributed by atoms with Crippen LogP contribution in [0.1, 0.15) is 53.8 Å². The van der Waals surface area contributed by atoms with Crippen LogP contribution in [0.4, 0.5) is 0 Å². The highest BCUT2D eigenvalue weighted by Crippen LogP contribution is 2.65. The molecule has 0 unspecified atom stereocenters. The maximum atomic E-state index is 13.3. The highest BCUT2D eigenvalue weighted by Gasteiger charge is 2.73. The Balaban J connectivity index is 0.00000231. The van der Waals surface area contributed by atoms with Crippen LogP contribution < -0.4 is 10.1 Å². The SMILES string of the molecule is Cl.O=C(N[C@@H]1CC[C@@]2(O)[C@H]3Cc4ccc(O)c5c4[C@@]2(CCN3CC2CC2)[C@H]1O5)c1cc2ccccc2o1. The Morgan fingerprint density at radius 3 is 2.78 bits per heavy atom. The molecule has 8 rings (SSSR count). The van der Waals surface area contributed by atoms with E-state index in [1.165, 1.54) is 12.8 Å². The van der Waals surface area contributed by atoms with Gasteiger partial charge in [0, 0.05) is 23.5 Å². The van der Waals surface area contributed by atoms with Crippen molar-refractivity contribution in [1.82, 2.24) is 10.2 Å². The van der Waals surface area contributed by atoms with Gasteiger partial charge in [-0.1, -0.05) is 24.3 Å². The van der Waals surface area contributed by atoms with E-state index >= 15 is 0 Å². The largest absolute Gasteiger partial charge is 0.504 e. The number of phenolic OH excluding ortho intramolecular Hbond substituents is 1. The van der Waals surface area contributed by atoms with Crippen LogP contribution >= 0.6 is 12.4 Å². The molecule has 8 heteroatoms. The molecule has 5 aliphatic rings. The number of amides is 1. The molecule has 0 radical (unpaired) electrons. The number of ether oxygens (including phenoxy) is 1. The number of benzene rings is 2. The summed E-state index contributed by atoms with van der Waals surface area (Å²) in [6.45, 7) is 1.93. The van der Waals surface area contributed by atoms with Gasteiger partial charge in [-0.3, -0.25) is 9.69 Å². The zero-order chi connectivity index (χ0) is 24.2. The van der Waals surface area contributed by atoms with E-state index in [0.717, 1.165) is 48.4 Å². The van der Waals surface area contributed by atoms with E-state index in [4.69, 9.17) is 9.15 Å². The van der Waals surface area contributed by atoms with Crippen LogP contribution in [0.3, 0.4) is 0 Å². The monoisotopic (exact) mass is 522 g/mol. The van der Waals surface area contributed by atoms with E-state index in [-0.39, 0.29) is 41.9 Å². The van der Waals surface area contributed by atoms with Crippen LogP contribution in [-0.4, -0.2) is 57.9 Å². The van der Waals surface area contributed by atoms with Gasteiger partial charge in [-0.25, -0.2) is 0 Å². The molecule has 3 fully saturated rings. The highest BCUT2D eigenvalue weighted by atomic mass is 35.5. The molecule has 1 aromatic heterocycles. The molecule has 194 valence electrons. The van der Waals surface area contributed by atoms with Crippen molar-refractivity contribution in [3.63, 3.8) is 0 Å². The molecule has 3 aliphatic carbocycles. The van der Waals surface area contributed by atoms with Crippen molar-refractivity contribution in [3.05, 3.63) is 59.4 Å². The van der Waals surface area contributed by atoms with Crippen molar-refractivity contribution in [3.8, 4) is 11.5 Å². The number of aliphatic hydroxyl groups is 1.